The molecule has 2 aromatic heterocycles. The highest BCUT2D eigenvalue weighted by atomic mass is 16.5. The van der Waals surface area contributed by atoms with Gasteiger partial charge in [0.2, 0.25) is 0 Å². The Morgan fingerprint density at radius 2 is 2.00 bits per heavy atom. The molecular formula is C19H22N4O3. The van der Waals surface area contributed by atoms with Crippen LogP contribution >= 0.6 is 0 Å². The number of nitrogens with zero attached hydrogens (tertiary/aromatic N) is 4. The second-order valence-electron chi connectivity index (χ2n) is 6.39. The minimum atomic E-state index is -0.766. The fraction of sp³-hybridized carbons (Fsp3) is 0.368. The van der Waals surface area contributed by atoms with Gasteiger partial charge in [0.1, 0.15) is 5.52 Å². The van der Waals surface area contributed by atoms with E-state index in [-0.39, 0.29) is 5.56 Å². The van der Waals surface area contributed by atoms with Crippen molar-refractivity contribution in [2.75, 3.05) is 7.11 Å². The summed E-state index contributed by atoms with van der Waals surface area (Å²) in [5.41, 5.74) is 3.65. The second kappa shape index (κ2) is 6.74. The summed E-state index contributed by atoms with van der Waals surface area (Å²) in [7, 11) is 1.31. The molecule has 0 radical (unpaired) electrons. The molecule has 0 aliphatic carbocycles. The molecular weight excluding hydrogens is 332 g/mol. The van der Waals surface area contributed by atoms with Gasteiger partial charge >= 0.3 is 5.97 Å². The molecule has 0 aliphatic rings. The van der Waals surface area contributed by atoms with E-state index in [1.165, 1.54) is 11.8 Å². The molecule has 26 heavy (non-hydrogen) atoms. The Morgan fingerprint density at radius 3 is 2.62 bits per heavy atom. The molecule has 0 saturated carbocycles. The largest absolute Gasteiger partial charge is 0.467 e. The van der Waals surface area contributed by atoms with Gasteiger partial charge in [0.05, 0.1) is 24.7 Å². The first-order valence-corrected chi connectivity index (χ1v) is 8.51. The Labute approximate surface area is 151 Å². The van der Waals surface area contributed by atoms with Crippen LogP contribution in [0.5, 0.6) is 0 Å². The van der Waals surface area contributed by atoms with Crippen molar-refractivity contribution in [3.8, 4) is 5.69 Å². The number of aryl methyl sites for hydroxylation is 3. The molecule has 0 N–H and O–H groups in total. The van der Waals surface area contributed by atoms with Gasteiger partial charge in [-0.05, 0) is 38.8 Å². The van der Waals surface area contributed by atoms with E-state index in [1.54, 1.807) is 17.8 Å². The molecule has 7 nitrogen and oxygen atoms in total. The lowest BCUT2D eigenvalue weighted by Gasteiger charge is -2.16. The van der Waals surface area contributed by atoms with Crippen LogP contribution in [0.3, 0.4) is 0 Å². The van der Waals surface area contributed by atoms with Crippen LogP contribution in [0.1, 0.15) is 36.2 Å². The number of esters is 1. The van der Waals surface area contributed by atoms with E-state index in [0.717, 1.165) is 16.8 Å². The maximum atomic E-state index is 13.2. The zero-order chi connectivity index (χ0) is 19.0. The van der Waals surface area contributed by atoms with E-state index in [9.17, 15) is 9.59 Å². The Morgan fingerprint density at radius 1 is 1.27 bits per heavy atom. The van der Waals surface area contributed by atoms with Gasteiger partial charge in [0, 0.05) is 5.39 Å². The first kappa shape index (κ1) is 17.8. The van der Waals surface area contributed by atoms with Crippen LogP contribution in [-0.4, -0.2) is 32.6 Å². The highest BCUT2D eigenvalue weighted by molar-refractivity contribution is 5.82. The molecule has 0 fully saturated rings. The smallest absolute Gasteiger partial charge is 0.330 e. The average molecular weight is 354 g/mol. The minimum Gasteiger partial charge on any atom is -0.467 e. The van der Waals surface area contributed by atoms with E-state index in [1.807, 2.05) is 39.0 Å². The van der Waals surface area contributed by atoms with E-state index in [2.05, 4.69) is 10.2 Å². The van der Waals surface area contributed by atoms with Gasteiger partial charge in [-0.15, -0.1) is 0 Å². The molecule has 3 aromatic rings. The summed E-state index contributed by atoms with van der Waals surface area (Å²) < 4.78 is 7.67. The van der Waals surface area contributed by atoms with Crippen molar-refractivity contribution in [3.05, 3.63) is 51.6 Å². The number of carbonyl (C=O) groups is 1. The fourth-order valence-corrected chi connectivity index (χ4v) is 3.20. The summed E-state index contributed by atoms with van der Waals surface area (Å²) >= 11 is 0. The highest BCUT2D eigenvalue weighted by Gasteiger charge is 2.25. The maximum Gasteiger partial charge on any atom is 0.330 e. The van der Waals surface area contributed by atoms with Crippen molar-refractivity contribution in [1.82, 2.24) is 19.6 Å². The van der Waals surface area contributed by atoms with E-state index in [0.29, 0.717) is 23.0 Å². The lowest BCUT2D eigenvalue weighted by atomic mass is 10.1. The van der Waals surface area contributed by atoms with Gasteiger partial charge in [-0.1, -0.05) is 24.6 Å². The van der Waals surface area contributed by atoms with Crippen LogP contribution in [0.4, 0.5) is 0 Å². The van der Waals surface area contributed by atoms with Crippen LogP contribution in [0.2, 0.25) is 0 Å². The second-order valence-corrected chi connectivity index (χ2v) is 6.39. The van der Waals surface area contributed by atoms with Crippen molar-refractivity contribution in [3.63, 3.8) is 0 Å². The van der Waals surface area contributed by atoms with E-state index in [4.69, 9.17) is 4.74 Å². The van der Waals surface area contributed by atoms with Gasteiger partial charge in [-0.2, -0.15) is 10.2 Å². The quantitative estimate of drug-likeness (QED) is 0.673. The number of benzene rings is 1. The van der Waals surface area contributed by atoms with Gasteiger partial charge in [0.15, 0.2) is 6.04 Å². The SMILES string of the molecule is CCC(C(=O)OC)n1nc(C)c2cnn(-c3ccc(C)cc3C)c2c1=O. The summed E-state index contributed by atoms with van der Waals surface area (Å²) in [5, 5.41) is 9.42. The van der Waals surface area contributed by atoms with Crippen molar-refractivity contribution in [2.45, 2.75) is 40.2 Å². The fourth-order valence-electron chi connectivity index (χ4n) is 3.20. The van der Waals surface area contributed by atoms with E-state index >= 15 is 0 Å². The minimum absolute atomic E-state index is 0.361. The number of fused-ring (bicyclic) bond motifs is 1. The molecule has 0 bridgehead atoms. The van der Waals surface area contributed by atoms with Crippen molar-refractivity contribution >= 4 is 16.9 Å². The predicted octanol–water partition coefficient (Wildman–Crippen LogP) is 2.63. The Bertz CT molecular complexity index is 1050. The molecule has 1 unspecified atom stereocenters. The van der Waals surface area contributed by atoms with Crippen molar-refractivity contribution < 1.29 is 9.53 Å². The molecule has 3 rings (SSSR count). The van der Waals surface area contributed by atoms with Gasteiger partial charge in [0.25, 0.3) is 5.56 Å². The number of carbonyl (C=O) groups excluding carboxylic acids is 1. The molecule has 2 heterocycles. The number of methoxy groups -OCH3 is 1. The predicted molar refractivity (Wildman–Crippen MR) is 98.7 cm³/mol. The number of ether oxygens (including phenoxy) is 1. The summed E-state index contributed by atoms with van der Waals surface area (Å²) in [6.07, 6.45) is 2.05. The zero-order valence-corrected chi connectivity index (χ0v) is 15.6. The molecule has 0 spiro atoms. The van der Waals surface area contributed by atoms with Gasteiger partial charge < -0.3 is 4.74 Å². The first-order chi connectivity index (χ1) is 12.4. The van der Waals surface area contributed by atoms with Gasteiger partial charge in [-0.25, -0.2) is 14.2 Å². The topological polar surface area (TPSA) is 79.0 Å². The van der Waals surface area contributed by atoms with E-state index < -0.39 is 12.0 Å². The molecule has 1 atom stereocenters. The molecule has 136 valence electrons. The Balaban J connectivity index is 2.32. The number of rotatable bonds is 4. The van der Waals surface area contributed by atoms with Crippen LogP contribution in [0.15, 0.2) is 29.2 Å². The molecule has 0 saturated heterocycles. The lowest BCUT2D eigenvalue weighted by Crippen LogP contribution is -2.33. The third-order valence-electron chi connectivity index (χ3n) is 4.56. The number of hydrogen-bond acceptors (Lipinski definition) is 5. The van der Waals surface area contributed by atoms with Crippen LogP contribution < -0.4 is 5.56 Å². The summed E-state index contributed by atoms with van der Waals surface area (Å²) in [4.78, 5) is 25.3. The molecule has 0 aliphatic heterocycles. The summed E-state index contributed by atoms with van der Waals surface area (Å²) in [6.45, 7) is 7.61. The molecule has 7 heteroatoms. The Hall–Kier alpha value is -2.96. The standard InChI is InChI=1S/C19H22N4O3/c1-6-15(19(25)26-5)23-18(24)17-14(13(4)21-23)10-20-22(17)16-8-7-11(2)9-12(16)3/h7-10,15H,6H2,1-5H3. The lowest BCUT2D eigenvalue weighted by molar-refractivity contribution is -0.145. The van der Waals surface area contributed by atoms with Crippen molar-refractivity contribution in [1.29, 1.82) is 0 Å². The first-order valence-electron chi connectivity index (χ1n) is 8.51. The highest BCUT2D eigenvalue weighted by Crippen LogP contribution is 2.22. The van der Waals surface area contributed by atoms with Gasteiger partial charge in [-0.3, -0.25) is 4.79 Å². The zero-order valence-electron chi connectivity index (χ0n) is 15.6. The van der Waals surface area contributed by atoms with Crippen LogP contribution in [0.25, 0.3) is 16.6 Å². The molecule has 1 aromatic carbocycles. The summed E-state index contributed by atoms with van der Waals surface area (Å²) in [6, 6.07) is 5.19. The normalized spacial score (nSPS) is 12.3. The monoisotopic (exact) mass is 354 g/mol. The Kier molecular flexibility index (Phi) is 4.63. The number of hydrogen-bond donors (Lipinski definition) is 0. The van der Waals surface area contributed by atoms with Crippen LogP contribution in [-0.2, 0) is 9.53 Å². The summed E-state index contributed by atoms with van der Waals surface area (Å²) in [5.74, 6) is -0.488. The van der Waals surface area contributed by atoms with Crippen molar-refractivity contribution in [2.24, 2.45) is 0 Å². The van der Waals surface area contributed by atoms with Crippen LogP contribution in [0, 0.1) is 20.8 Å². The number of aromatic nitrogens is 4. The average Bonchev–Trinajstić information content (AvgIpc) is 3.05. The maximum absolute atomic E-state index is 13.2. The molecule has 0 amide bonds. The third-order valence-corrected chi connectivity index (χ3v) is 4.56. The third kappa shape index (κ3) is 2.79.